The van der Waals surface area contributed by atoms with Crippen molar-refractivity contribution in [3.05, 3.63) is 35.7 Å². The fraction of sp³-hybridized carbons (Fsp3) is 0.778. The van der Waals surface area contributed by atoms with E-state index >= 15 is 4.79 Å². The summed E-state index contributed by atoms with van der Waals surface area (Å²) in [6.45, 7) is 10.2. The largest absolute Gasteiger partial charge is 0.481 e. The lowest BCUT2D eigenvalue weighted by Gasteiger charge is -2.53. The Morgan fingerprint density at radius 1 is 0.887 bits per heavy atom. The maximum atomic E-state index is 15.6. The molecule has 0 amide bonds. The number of carboxylic acids is 1. The molecule has 2 N–H and O–H groups in total. The average molecular weight is 735 g/mol. The molecule has 296 valence electrons. The Hall–Kier alpha value is -2.58. The summed E-state index contributed by atoms with van der Waals surface area (Å²) in [6, 6.07) is 1.76. The Balaban J connectivity index is 1.38. The zero-order valence-electron chi connectivity index (χ0n) is 33.7. The van der Waals surface area contributed by atoms with Crippen molar-refractivity contribution in [1.29, 1.82) is 0 Å². The van der Waals surface area contributed by atoms with Gasteiger partial charge < -0.3 is 19.6 Å². The van der Waals surface area contributed by atoms with Crippen molar-refractivity contribution in [2.75, 3.05) is 6.61 Å². The summed E-state index contributed by atoms with van der Waals surface area (Å²) in [5.74, 6) is -2.26. The van der Waals surface area contributed by atoms with Crippen LogP contribution in [0.4, 0.5) is 0 Å². The van der Waals surface area contributed by atoms with Crippen LogP contribution < -0.4 is 0 Å². The average Bonchev–Trinajstić information content (AvgIpc) is 3.91. The number of carbonyl (C=O) groups is 3. The van der Waals surface area contributed by atoms with E-state index in [1.54, 1.807) is 18.5 Å². The van der Waals surface area contributed by atoms with E-state index in [-0.39, 0.29) is 23.9 Å². The molecule has 2 aliphatic carbocycles. The number of ketones is 2. The standard InChI is InChI=1S/C45H70N2O6/c1-6-7-8-9-10-11-12-13-14-15-16-17-20-26-43(27-21-28-43)40(51)45(29-22-30-47-45)44(32-36(48)49,34-23-18-19-24-34)38-35(25-31-46-38)37(50)39-41(2,3)33-52-42(4,5)53-39/h22,25,29-31,34,39,46H,6-21,23-24,26-28,32-33H2,1-5H3,(H,48,49). The van der Waals surface area contributed by atoms with Gasteiger partial charge in [-0.3, -0.25) is 19.4 Å². The van der Waals surface area contributed by atoms with Crippen LogP contribution in [-0.4, -0.2) is 57.9 Å². The number of Topliss-reactive ketones (excluding diaryl/α,β-unsaturated/α-hetero) is 2. The number of aromatic nitrogens is 1. The van der Waals surface area contributed by atoms with Gasteiger partial charge in [-0.1, -0.05) is 124 Å². The first kappa shape index (κ1) is 41.6. The number of hydrogen-bond acceptors (Lipinski definition) is 6. The summed E-state index contributed by atoms with van der Waals surface area (Å²) in [4.78, 5) is 52.0. The highest BCUT2D eigenvalue weighted by molar-refractivity contribution is 6.05. The summed E-state index contributed by atoms with van der Waals surface area (Å²) < 4.78 is 12.3. The van der Waals surface area contributed by atoms with Gasteiger partial charge in [0.2, 0.25) is 0 Å². The number of aliphatic imine (C=N–C) groups is 1. The second-order valence-electron chi connectivity index (χ2n) is 18.2. The van der Waals surface area contributed by atoms with Crippen molar-refractivity contribution in [2.45, 2.75) is 199 Å². The number of carboxylic acid groups (broad SMARTS) is 1. The number of ether oxygens (including phenoxy) is 2. The summed E-state index contributed by atoms with van der Waals surface area (Å²) in [7, 11) is 0. The summed E-state index contributed by atoms with van der Waals surface area (Å²) in [6.07, 6.45) is 29.5. The topological polar surface area (TPSA) is 118 Å². The molecule has 3 unspecified atom stereocenters. The molecule has 1 aromatic rings. The SMILES string of the molecule is CCCCCCCCCCCCCCCC1(C(=O)C2(C(CC(=O)O)(c3[nH]ccc3C(=O)C3OC(C)(C)OCC3(C)C)C3CCCC3)C=CC=N2)CCC1. The van der Waals surface area contributed by atoms with Crippen LogP contribution in [0.2, 0.25) is 0 Å². The molecule has 0 bridgehead atoms. The Morgan fingerprint density at radius 3 is 2.02 bits per heavy atom. The number of nitrogens with one attached hydrogen (secondary N) is 1. The quantitative estimate of drug-likeness (QED) is 0.0853. The molecule has 5 rings (SSSR count). The third kappa shape index (κ3) is 8.95. The maximum absolute atomic E-state index is 15.6. The van der Waals surface area contributed by atoms with Gasteiger partial charge in [0.05, 0.1) is 18.4 Å². The van der Waals surface area contributed by atoms with Crippen LogP contribution in [0.5, 0.6) is 0 Å². The molecular weight excluding hydrogens is 665 g/mol. The lowest BCUT2D eigenvalue weighted by Crippen LogP contribution is -2.64. The van der Waals surface area contributed by atoms with Crippen LogP contribution in [0, 0.1) is 16.7 Å². The lowest BCUT2D eigenvalue weighted by atomic mass is 9.49. The van der Waals surface area contributed by atoms with Crippen LogP contribution in [0.3, 0.4) is 0 Å². The Kier molecular flexibility index (Phi) is 14.1. The van der Waals surface area contributed by atoms with E-state index < -0.39 is 39.6 Å². The summed E-state index contributed by atoms with van der Waals surface area (Å²) in [5.41, 5.74) is -2.94. The van der Waals surface area contributed by atoms with Gasteiger partial charge in [0, 0.05) is 34.5 Å². The van der Waals surface area contributed by atoms with E-state index in [2.05, 4.69) is 11.9 Å². The zero-order chi connectivity index (χ0) is 38.2. The molecular formula is C45H70N2O6. The van der Waals surface area contributed by atoms with Crippen molar-refractivity contribution in [3.63, 3.8) is 0 Å². The van der Waals surface area contributed by atoms with Crippen molar-refractivity contribution >= 4 is 23.8 Å². The molecule has 3 atom stereocenters. The Bertz CT molecular complexity index is 1430. The van der Waals surface area contributed by atoms with Gasteiger partial charge in [-0.05, 0) is 70.1 Å². The number of aliphatic carboxylic acids is 1. The minimum Gasteiger partial charge on any atom is -0.481 e. The van der Waals surface area contributed by atoms with Gasteiger partial charge in [0.25, 0.3) is 0 Å². The fourth-order valence-corrected chi connectivity index (χ4v) is 10.2. The highest BCUT2D eigenvalue weighted by Gasteiger charge is 2.67. The van der Waals surface area contributed by atoms with E-state index in [9.17, 15) is 14.7 Å². The first-order chi connectivity index (χ1) is 25.3. The smallest absolute Gasteiger partial charge is 0.304 e. The maximum Gasteiger partial charge on any atom is 0.304 e. The zero-order valence-corrected chi connectivity index (χ0v) is 33.7. The van der Waals surface area contributed by atoms with Gasteiger partial charge in [0.15, 0.2) is 17.4 Å². The minimum atomic E-state index is -1.43. The second kappa shape index (κ2) is 17.9. The number of rotatable bonds is 23. The molecule has 8 nitrogen and oxygen atoms in total. The van der Waals surface area contributed by atoms with Crippen molar-refractivity contribution in [1.82, 2.24) is 4.98 Å². The molecule has 0 spiro atoms. The van der Waals surface area contributed by atoms with Crippen molar-refractivity contribution < 1.29 is 29.0 Å². The van der Waals surface area contributed by atoms with Crippen LogP contribution in [0.15, 0.2) is 29.4 Å². The molecule has 8 heteroatoms. The molecule has 53 heavy (non-hydrogen) atoms. The number of hydrogen-bond donors (Lipinski definition) is 2. The fourth-order valence-electron chi connectivity index (χ4n) is 10.2. The van der Waals surface area contributed by atoms with Gasteiger partial charge in [0.1, 0.15) is 11.6 Å². The molecule has 2 saturated carbocycles. The van der Waals surface area contributed by atoms with E-state index in [1.165, 1.54) is 70.6 Å². The summed E-state index contributed by atoms with van der Waals surface area (Å²) >= 11 is 0. The van der Waals surface area contributed by atoms with Crippen LogP contribution >= 0.6 is 0 Å². The third-order valence-electron chi connectivity index (χ3n) is 13.4. The number of aromatic amines is 1. The molecule has 3 fully saturated rings. The van der Waals surface area contributed by atoms with Crippen LogP contribution in [0.1, 0.15) is 192 Å². The number of H-pyrrole nitrogens is 1. The summed E-state index contributed by atoms with van der Waals surface area (Å²) in [5, 5.41) is 10.8. The van der Waals surface area contributed by atoms with Gasteiger partial charge in [-0.2, -0.15) is 0 Å². The van der Waals surface area contributed by atoms with Gasteiger partial charge in [-0.15, -0.1) is 0 Å². The molecule has 1 aromatic heterocycles. The number of allylic oxidation sites excluding steroid dienone is 1. The molecule has 2 aliphatic heterocycles. The van der Waals surface area contributed by atoms with E-state index in [4.69, 9.17) is 14.5 Å². The predicted octanol–water partition coefficient (Wildman–Crippen LogP) is 10.9. The second-order valence-corrected chi connectivity index (χ2v) is 18.2. The van der Waals surface area contributed by atoms with Crippen molar-refractivity contribution in [3.8, 4) is 0 Å². The van der Waals surface area contributed by atoms with Crippen LogP contribution in [-0.2, 0) is 24.5 Å². The number of nitrogens with zero attached hydrogens (tertiary/aromatic N) is 1. The first-order valence-corrected chi connectivity index (χ1v) is 21.4. The molecule has 1 saturated heterocycles. The number of carbonyl (C=O) groups excluding carboxylic acids is 2. The molecule has 0 aromatic carbocycles. The first-order valence-electron chi connectivity index (χ1n) is 21.4. The monoisotopic (exact) mass is 735 g/mol. The van der Waals surface area contributed by atoms with E-state index in [0.29, 0.717) is 17.9 Å². The Morgan fingerprint density at radius 2 is 1.49 bits per heavy atom. The van der Waals surface area contributed by atoms with Gasteiger partial charge in [-0.25, -0.2) is 0 Å². The Labute approximate surface area is 319 Å². The van der Waals surface area contributed by atoms with E-state index in [0.717, 1.165) is 64.2 Å². The molecule has 4 aliphatic rings. The van der Waals surface area contributed by atoms with E-state index in [1.807, 2.05) is 39.8 Å². The van der Waals surface area contributed by atoms with Gasteiger partial charge >= 0.3 is 5.97 Å². The lowest BCUT2D eigenvalue weighted by molar-refractivity contribution is -0.298. The highest BCUT2D eigenvalue weighted by Crippen LogP contribution is 2.60. The molecule has 0 radical (unpaired) electrons. The minimum absolute atomic E-state index is 0.0464. The normalized spacial score (nSPS) is 25.6. The van der Waals surface area contributed by atoms with Crippen LogP contribution in [0.25, 0.3) is 0 Å². The third-order valence-corrected chi connectivity index (χ3v) is 13.4. The molecule has 3 heterocycles. The predicted molar refractivity (Wildman–Crippen MR) is 212 cm³/mol. The highest BCUT2D eigenvalue weighted by atomic mass is 16.7. The number of unbranched alkanes of at least 4 members (excludes halogenated alkanes) is 12. The van der Waals surface area contributed by atoms with Crippen molar-refractivity contribution in [2.24, 2.45) is 21.7 Å².